The fourth-order valence-electron chi connectivity index (χ4n) is 1.55. The minimum absolute atomic E-state index is 0.0455. The Balaban J connectivity index is 2.60. The number of sulfonamides is 1. The highest BCUT2D eigenvalue weighted by molar-refractivity contribution is 7.88. The Kier molecular flexibility index (Phi) is 4.31. The van der Waals surface area contributed by atoms with Gasteiger partial charge in [0.25, 0.3) is 0 Å². The van der Waals surface area contributed by atoms with E-state index in [1.165, 1.54) is 13.8 Å². The van der Waals surface area contributed by atoms with Gasteiger partial charge in [0.05, 0.1) is 6.26 Å². The highest BCUT2D eigenvalue weighted by Gasteiger charge is 2.46. The van der Waals surface area contributed by atoms with Gasteiger partial charge in [-0.3, -0.25) is 19.8 Å². The van der Waals surface area contributed by atoms with Crippen molar-refractivity contribution in [2.45, 2.75) is 20.3 Å². The first-order valence-corrected chi connectivity index (χ1v) is 7.57. The van der Waals surface area contributed by atoms with Crippen LogP contribution >= 0.6 is 0 Å². The second kappa shape index (κ2) is 5.25. The van der Waals surface area contributed by atoms with Gasteiger partial charge in [0.2, 0.25) is 21.8 Å². The van der Waals surface area contributed by atoms with Crippen LogP contribution in [0.4, 0.5) is 4.79 Å². The molecule has 0 radical (unpaired) electrons. The first kappa shape index (κ1) is 15.6. The zero-order chi connectivity index (χ0) is 14.8. The summed E-state index contributed by atoms with van der Waals surface area (Å²) in [4.78, 5) is 35.9. The SMILES string of the molecule is CC1(C)C(=O)NC(=O)N(CCCNS(C)(=O)=O)C1=O. The molecule has 1 saturated heterocycles. The molecule has 4 amide bonds. The summed E-state index contributed by atoms with van der Waals surface area (Å²) in [6.45, 7) is 3.02. The number of hydrogen-bond acceptors (Lipinski definition) is 5. The van der Waals surface area contributed by atoms with E-state index in [9.17, 15) is 22.8 Å². The Morgan fingerprint density at radius 2 is 1.84 bits per heavy atom. The van der Waals surface area contributed by atoms with Gasteiger partial charge in [-0.05, 0) is 20.3 Å². The van der Waals surface area contributed by atoms with Gasteiger partial charge in [-0.15, -0.1) is 0 Å². The summed E-state index contributed by atoms with van der Waals surface area (Å²) in [7, 11) is -3.29. The molecule has 19 heavy (non-hydrogen) atoms. The Morgan fingerprint density at radius 3 is 2.37 bits per heavy atom. The zero-order valence-electron chi connectivity index (χ0n) is 11.0. The Labute approximate surface area is 111 Å². The molecule has 1 fully saturated rings. The third-order valence-corrected chi connectivity index (χ3v) is 3.46. The van der Waals surface area contributed by atoms with Gasteiger partial charge in [0, 0.05) is 13.1 Å². The van der Waals surface area contributed by atoms with Crippen molar-refractivity contribution >= 4 is 27.9 Å². The summed E-state index contributed by atoms with van der Waals surface area (Å²) in [5, 5.41) is 2.10. The summed E-state index contributed by atoms with van der Waals surface area (Å²) in [5.74, 6) is -1.21. The number of hydrogen-bond donors (Lipinski definition) is 2. The molecule has 0 aromatic heterocycles. The first-order chi connectivity index (χ1) is 8.55. The molecule has 0 saturated carbocycles. The smallest absolute Gasteiger partial charge is 0.277 e. The van der Waals surface area contributed by atoms with E-state index in [-0.39, 0.29) is 19.5 Å². The Bertz CT molecular complexity index is 511. The fraction of sp³-hybridized carbons (Fsp3) is 0.700. The number of nitrogens with zero attached hydrogens (tertiary/aromatic N) is 1. The van der Waals surface area contributed by atoms with Gasteiger partial charge in [-0.1, -0.05) is 0 Å². The lowest BCUT2D eigenvalue weighted by Gasteiger charge is -2.34. The van der Waals surface area contributed by atoms with E-state index in [0.717, 1.165) is 11.2 Å². The third kappa shape index (κ3) is 3.74. The van der Waals surface area contributed by atoms with Gasteiger partial charge >= 0.3 is 6.03 Å². The quantitative estimate of drug-likeness (QED) is 0.500. The van der Waals surface area contributed by atoms with Crippen LogP contribution in [0.5, 0.6) is 0 Å². The summed E-state index contributed by atoms with van der Waals surface area (Å²) in [5.41, 5.74) is -1.29. The number of imide groups is 2. The maximum atomic E-state index is 12.0. The molecule has 9 heteroatoms. The predicted octanol–water partition coefficient (Wildman–Crippen LogP) is -0.970. The fourth-order valence-corrected chi connectivity index (χ4v) is 2.06. The van der Waals surface area contributed by atoms with Gasteiger partial charge < -0.3 is 0 Å². The van der Waals surface area contributed by atoms with E-state index in [1.807, 2.05) is 0 Å². The summed E-state index contributed by atoms with van der Waals surface area (Å²) >= 11 is 0. The molecule has 0 bridgehead atoms. The van der Waals surface area contributed by atoms with Crippen LogP contribution in [0, 0.1) is 5.41 Å². The number of carbonyl (C=O) groups is 3. The van der Waals surface area contributed by atoms with Crippen molar-refractivity contribution in [3.63, 3.8) is 0 Å². The second-order valence-electron chi connectivity index (χ2n) is 4.86. The molecule has 0 unspecified atom stereocenters. The molecule has 0 atom stereocenters. The number of barbiturate groups is 1. The highest BCUT2D eigenvalue weighted by atomic mass is 32.2. The van der Waals surface area contributed by atoms with Crippen LogP contribution in [0.15, 0.2) is 0 Å². The number of carbonyl (C=O) groups excluding carboxylic acids is 3. The largest absolute Gasteiger partial charge is 0.330 e. The lowest BCUT2D eigenvalue weighted by molar-refractivity contribution is -0.149. The van der Waals surface area contributed by atoms with Crippen LogP contribution in [0.3, 0.4) is 0 Å². The first-order valence-electron chi connectivity index (χ1n) is 5.68. The molecule has 8 nitrogen and oxygen atoms in total. The minimum Gasteiger partial charge on any atom is -0.277 e. The molecule has 0 aromatic carbocycles. The molecule has 1 rings (SSSR count). The lowest BCUT2D eigenvalue weighted by atomic mass is 9.89. The van der Waals surface area contributed by atoms with Crippen molar-refractivity contribution in [2.24, 2.45) is 5.41 Å². The summed E-state index contributed by atoms with van der Waals surface area (Å²) < 4.78 is 23.9. The molecule has 1 heterocycles. The molecule has 0 spiro atoms. The predicted molar refractivity (Wildman–Crippen MR) is 66.5 cm³/mol. The van der Waals surface area contributed by atoms with Crippen molar-refractivity contribution in [1.29, 1.82) is 0 Å². The van der Waals surface area contributed by atoms with E-state index in [1.54, 1.807) is 0 Å². The van der Waals surface area contributed by atoms with Crippen LogP contribution < -0.4 is 10.0 Å². The van der Waals surface area contributed by atoms with Crippen LogP contribution in [0.2, 0.25) is 0 Å². The van der Waals surface area contributed by atoms with Gasteiger partial charge in [0.1, 0.15) is 5.41 Å². The molecular weight excluding hydrogens is 274 g/mol. The summed E-state index contributed by atoms with van der Waals surface area (Å²) in [6, 6.07) is -0.770. The number of nitrogens with one attached hydrogen (secondary N) is 2. The average Bonchev–Trinajstić information content (AvgIpc) is 2.24. The van der Waals surface area contributed by atoms with Gasteiger partial charge in [-0.25, -0.2) is 17.9 Å². The van der Waals surface area contributed by atoms with Gasteiger partial charge in [-0.2, -0.15) is 0 Å². The number of urea groups is 1. The molecule has 1 aliphatic rings. The summed E-state index contributed by atoms with van der Waals surface area (Å²) in [6.07, 6.45) is 1.30. The number of amides is 4. The van der Waals surface area contributed by atoms with E-state index in [2.05, 4.69) is 10.0 Å². The monoisotopic (exact) mass is 291 g/mol. The van der Waals surface area contributed by atoms with Crippen LogP contribution in [0.25, 0.3) is 0 Å². The van der Waals surface area contributed by atoms with Crippen LogP contribution in [-0.2, 0) is 19.6 Å². The molecular formula is C10H17N3O5S. The van der Waals surface area contributed by atoms with Crippen molar-refractivity contribution < 1.29 is 22.8 Å². The maximum Gasteiger partial charge on any atom is 0.330 e. The van der Waals surface area contributed by atoms with Crippen LogP contribution in [-0.4, -0.2) is 50.5 Å². The molecule has 108 valence electrons. The Morgan fingerprint density at radius 1 is 1.26 bits per heavy atom. The van der Waals surface area contributed by atoms with Gasteiger partial charge in [0.15, 0.2) is 0 Å². The number of rotatable bonds is 5. The van der Waals surface area contributed by atoms with E-state index >= 15 is 0 Å². The topological polar surface area (TPSA) is 113 Å². The maximum absolute atomic E-state index is 12.0. The van der Waals surface area contributed by atoms with E-state index in [0.29, 0.717) is 0 Å². The lowest BCUT2D eigenvalue weighted by Crippen LogP contribution is -2.62. The standard InChI is InChI=1S/C10H17N3O5S/c1-10(2)7(14)12-9(16)13(8(10)15)6-4-5-11-19(3,17)18/h11H,4-6H2,1-3H3,(H,12,14,16). The minimum atomic E-state index is -3.29. The Hall–Kier alpha value is -1.48. The van der Waals surface area contributed by atoms with Crippen molar-refractivity contribution in [1.82, 2.24) is 14.9 Å². The normalized spacial score (nSPS) is 19.5. The molecule has 2 N–H and O–H groups in total. The van der Waals surface area contributed by atoms with E-state index < -0.39 is 33.3 Å². The molecule has 0 aliphatic carbocycles. The second-order valence-corrected chi connectivity index (χ2v) is 6.69. The van der Waals surface area contributed by atoms with Crippen molar-refractivity contribution in [3.05, 3.63) is 0 Å². The van der Waals surface area contributed by atoms with Crippen molar-refractivity contribution in [3.8, 4) is 0 Å². The highest BCUT2D eigenvalue weighted by Crippen LogP contribution is 2.23. The molecule has 0 aromatic rings. The van der Waals surface area contributed by atoms with Crippen LogP contribution in [0.1, 0.15) is 20.3 Å². The van der Waals surface area contributed by atoms with Crippen molar-refractivity contribution in [2.75, 3.05) is 19.3 Å². The third-order valence-electron chi connectivity index (χ3n) is 2.74. The molecule has 1 aliphatic heterocycles. The average molecular weight is 291 g/mol. The zero-order valence-corrected chi connectivity index (χ0v) is 11.8. The van der Waals surface area contributed by atoms with E-state index in [4.69, 9.17) is 0 Å².